The highest BCUT2D eigenvalue weighted by atomic mass is 16.5. The highest BCUT2D eigenvalue weighted by molar-refractivity contribution is 5.79. The molecule has 4 heteroatoms. The minimum absolute atomic E-state index is 0.0799. The van der Waals surface area contributed by atoms with Crippen LogP contribution in [-0.2, 0) is 9.53 Å². The summed E-state index contributed by atoms with van der Waals surface area (Å²) in [5, 5.41) is 3.12. The van der Waals surface area contributed by atoms with Crippen LogP contribution in [0.2, 0.25) is 0 Å². The summed E-state index contributed by atoms with van der Waals surface area (Å²) in [4.78, 5) is 12.0. The van der Waals surface area contributed by atoms with Gasteiger partial charge < -0.3 is 15.8 Å². The van der Waals surface area contributed by atoms with E-state index in [9.17, 15) is 4.79 Å². The van der Waals surface area contributed by atoms with Gasteiger partial charge in [-0.2, -0.15) is 0 Å². The molecule has 94 valence electrons. The Labute approximate surface area is 97.9 Å². The Morgan fingerprint density at radius 2 is 2.12 bits per heavy atom. The summed E-state index contributed by atoms with van der Waals surface area (Å²) in [6.45, 7) is 5.96. The number of nitrogens with one attached hydrogen (secondary N) is 1. The summed E-state index contributed by atoms with van der Waals surface area (Å²) < 4.78 is 5.31. The van der Waals surface area contributed by atoms with Crippen molar-refractivity contribution in [3.63, 3.8) is 0 Å². The maximum atomic E-state index is 12.0. The van der Waals surface area contributed by atoms with Crippen molar-refractivity contribution in [1.82, 2.24) is 5.32 Å². The molecule has 3 N–H and O–H groups in total. The molecule has 1 fully saturated rings. The SMILES string of the molecule is CCCC(C)C(=O)NC1(CN)CCOCC1. The second-order valence-electron chi connectivity index (χ2n) is 4.78. The van der Waals surface area contributed by atoms with Gasteiger partial charge in [-0.25, -0.2) is 0 Å². The molecule has 1 aliphatic heterocycles. The lowest BCUT2D eigenvalue weighted by Crippen LogP contribution is -2.57. The van der Waals surface area contributed by atoms with Crippen molar-refractivity contribution in [3.05, 3.63) is 0 Å². The molecule has 0 aromatic heterocycles. The zero-order valence-electron chi connectivity index (χ0n) is 10.4. The Balaban J connectivity index is 2.51. The summed E-state index contributed by atoms with van der Waals surface area (Å²) in [6, 6.07) is 0. The molecule has 1 aliphatic rings. The van der Waals surface area contributed by atoms with Crippen LogP contribution < -0.4 is 11.1 Å². The topological polar surface area (TPSA) is 64.4 Å². The van der Waals surface area contributed by atoms with Gasteiger partial charge in [0, 0.05) is 25.7 Å². The minimum atomic E-state index is -0.225. The molecule has 0 aromatic carbocycles. The first kappa shape index (κ1) is 13.5. The first-order valence-electron chi connectivity index (χ1n) is 6.23. The monoisotopic (exact) mass is 228 g/mol. The summed E-state index contributed by atoms with van der Waals surface area (Å²) in [5.41, 5.74) is 5.57. The Kier molecular flexibility index (Phi) is 5.22. The van der Waals surface area contributed by atoms with Crippen molar-refractivity contribution in [2.24, 2.45) is 11.7 Å². The lowest BCUT2D eigenvalue weighted by molar-refractivity contribution is -0.127. The van der Waals surface area contributed by atoms with Crippen LogP contribution in [0.4, 0.5) is 0 Å². The van der Waals surface area contributed by atoms with Crippen molar-refractivity contribution < 1.29 is 9.53 Å². The summed E-state index contributed by atoms with van der Waals surface area (Å²) in [5.74, 6) is 0.213. The second-order valence-corrected chi connectivity index (χ2v) is 4.78. The highest BCUT2D eigenvalue weighted by Gasteiger charge is 2.33. The molecular weight excluding hydrogens is 204 g/mol. The van der Waals surface area contributed by atoms with E-state index in [0.717, 1.165) is 25.7 Å². The van der Waals surface area contributed by atoms with Crippen molar-refractivity contribution in [2.75, 3.05) is 19.8 Å². The van der Waals surface area contributed by atoms with Crippen LogP contribution >= 0.6 is 0 Å². The number of ether oxygens (including phenoxy) is 1. The quantitative estimate of drug-likeness (QED) is 0.739. The Morgan fingerprint density at radius 1 is 1.50 bits per heavy atom. The van der Waals surface area contributed by atoms with Crippen LogP contribution in [-0.4, -0.2) is 31.2 Å². The van der Waals surface area contributed by atoms with Crippen molar-refractivity contribution in [2.45, 2.75) is 45.1 Å². The molecule has 0 aromatic rings. The molecule has 16 heavy (non-hydrogen) atoms. The molecule has 1 heterocycles. The van der Waals surface area contributed by atoms with Gasteiger partial charge in [-0.3, -0.25) is 4.79 Å². The molecule has 1 saturated heterocycles. The predicted octanol–water partition coefficient (Wildman–Crippen LogP) is 1.05. The van der Waals surface area contributed by atoms with Crippen LogP contribution in [0, 0.1) is 5.92 Å². The largest absolute Gasteiger partial charge is 0.381 e. The third-order valence-corrected chi connectivity index (χ3v) is 3.40. The fourth-order valence-corrected chi connectivity index (χ4v) is 2.09. The van der Waals surface area contributed by atoms with Gasteiger partial charge in [0.2, 0.25) is 5.91 Å². The third-order valence-electron chi connectivity index (χ3n) is 3.40. The van der Waals surface area contributed by atoms with Gasteiger partial charge in [-0.05, 0) is 19.3 Å². The van der Waals surface area contributed by atoms with Gasteiger partial charge in [0.1, 0.15) is 0 Å². The van der Waals surface area contributed by atoms with Crippen LogP contribution in [0.25, 0.3) is 0 Å². The van der Waals surface area contributed by atoms with Crippen molar-refractivity contribution in [1.29, 1.82) is 0 Å². The molecule has 1 amide bonds. The number of nitrogens with two attached hydrogens (primary N) is 1. The summed E-state index contributed by atoms with van der Waals surface area (Å²) >= 11 is 0. The maximum absolute atomic E-state index is 12.0. The maximum Gasteiger partial charge on any atom is 0.223 e. The molecule has 0 bridgehead atoms. The van der Waals surface area contributed by atoms with Gasteiger partial charge in [-0.1, -0.05) is 20.3 Å². The number of carbonyl (C=O) groups is 1. The first-order chi connectivity index (χ1) is 7.63. The van der Waals surface area contributed by atoms with E-state index in [1.807, 2.05) is 6.92 Å². The molecule has 1 rings (SSSR count). The lowest BCUT2D eigenvalue weighted by Gasteiger charge is -2.37. The zero-order chi connectivity index (χ0) is 12.0. The van der Waals surface area contributed by atoms with E-state index < -0.39 is 0 Å². The van der Waals surface area contributed by atoms with Crippen LogP contribution in [0.5, 0.6) is 0 Å². The molecule has 1 atom stereocenters. The number of amides is 1. The molecule has 4 nitrogen and oxygen atoms in total. The van der Waals surface area contributed by atoms with Gasteiger partial charge in [0.25, 0.3) is 0 Å². The van der Waals surface area contributed by atoms with Gasteiger partial charge >= 0.3 is 0 Å². The molecule has 1 unspecified atom stereocenters. The third kappa shape index (κ3) is 3.46. The first-order valence-corrected chi connectivity index (χ1v) is 6.23. The molecule has 0 radical (unpaired) electrons. The van der Waals surface area contributed by atoms with E-state index in [1.54, 1.807) is 0 Å². The zero-order valence-corrected chi connectivity index (χ0v) is 10.4. The molecule has 0 saturated carbocycles. The number of hydrogen-bond donors (Lipinski definition) is 2. The van der Waals surface area contributed by atoms with E-state index in [0.29, 0.717) is 19.8 Å². The van der Waals surface area contributed by atoms with E-state index in [4.69, 9.17) is 10.5 Å². The van der Waals surface area contributed by atoms with Gasteiger partial charge in [0.05, 0.1) is 5.54 Å². The summed E-state index contributed by atoms with van der Waals surface area (Å²) in [7, 11) is 0. The van der Waals surface area contributed by atoms with Gasteiger partial charge in [0.15, 0.2) is 0 Å². The Hall–Kier alpha value is -0.610. The minimum Gasteiger partial charge on any atom is -0.381 e. The average molecular weight is 228 g/mol. The van der Waals surface area contributed by atoms with Crippen LogP contribution in [0.15, 0.2) is 0 Å². The van der Waals surface area contributed by atoms with E-state index in [1.165, 1.54) is 0 Å². The fourth-order valence-electron chi connectivity index (χ4n) is 2.09. The molecular formula is C12H24N2O2. The number of hydrogen-bond acceptors (Lipinski definition) is 3. The smallest absolute Gasteiger partial charge is 0.223 e. The normalized spacial score (nSPS) is 21.4. The fraction of sp³-hybridized carbons (Fsp3) is 0.917. The van der Waals surface area contributed by atoms with Crippen molar-refractivity contribution >= 4 is 5.91 Å². The Bertz CT molecular complexity index is 225. The second kappa shape index (κ2) is 6.21. The highest BCUT2D eigenvalue weighted by Crippen LogP contribution is 2.20. The van der Waals surface area contributed by atoms with E-state index in [-0.39, 0.29) is 17.4 Å². The van der Waals surface area contributed by atoms with E-state index >= 15 is 0 Å². The number of carbonyl (C=O) groups excluding carboxylic acids is 1. The molecule has 0 spiro atoms. The number of rotatable bonds is 5. The average Bonchev–Trinajstić information content (AvgIpc) is 2.30. The standard InChI is InChI=1S/C12H24N2O2/c1-3-4-10(2)11(15)14-12(9-13)5-7-16-8-6-12/h10H,3-9,13H2,1-2H3,(H,14,15). The lowest BCUT2D eigenvalue weighted by atomic mass is 9.89. The predicted molar refractivity (Wildman–Crippen MR) is 64.1 cm³/mol. The van der Waals surface area contributed by atoms with E-state index in [2.05, 4.69) is 12.2 Å². The van der Waals surface area contributed by atoms with Crippen LogP contribution in [0.3, 0.4) is 0 Å². The van der Waals surface area contributed by atoms with Gasteiger partial charge in [-0.15, -0.1) is 0 Å². The summed E-state index contributed by atoms with van der Waals surface area (Å²) in [6.07, 6.45) is 3.62. The molecule has 0 aliphatic carbocycles. The Morgan fingerprint density at radius 3 is 2.62 bits per heavy atom. The van der Waals surface area contributed by atoms with Crippen LogP contribution in [0.1, 0.15) is 39.5 Å². The van der Waals surface area contributed by atoms with Crippen molar-refractivity contribution in [3.8, 4) is 0 Å².